The third-order valence-corrected chi connectivity index (χ3v) is 5.05. The first-order chi connectivity index (χ1) is 12.0. The molecule has 1 saturated heterocycles. The van der Waals surface area contributed by atoms with Gasteiger partial charge in [-0.15, -0.1) is 0 Å². The van der Waals surface area contributed by atoms with Crippen molar-refractivity contribution in [2.24, 2.45) is 5.92 Å². The van der Waals surface area contributed by atoms with E-state index in [2.05, 4.69) is 5.32 Å². The summed E-state index contributed by atoms with van der Waals surface area (Å²) in [4.78, 5) is 30.7. The van der Waals surface area contributed by atoms with Crippen LogP contribution in [-0.4, -0.2) is 62.0 Å². The van der Waals surface area contributed by atoms with E-state index in [1.807, 2.05) is 53.9 Å². The van der Waals surface area contributed by atoms with Crippen LogP contribution in [0.4, 0.5) is 16.2 Å². The second-order valence-corrected chi connectivity index (χ2v) is 7.21. The van der Waals surface area contributed by atoms with Crippen molar-refractivity contribution in [3.05, 3.63) is 23.8 Å². The van der Waals surface area contributed by atoms with Crippen molar-refractivity contribution in [1.29, 1.82) is 0 Å². The highest BCUT2D eigenvalue weighted by molar-refractivity contribution is 5.91. The third-order valence-electron chi connectivity index (χ3n) is 5.05. The van der Waals surface area contributed by atoms with Crippen molar-refractivity contribution in [3.63, 3.8) is 0 Å². The molecule has 1 aliphatic carbocycles. The van der Waals surface area contributed by atoms with Gasteiger partial charge in [0, 0.05) is 57.6 Å². The zero-order valence-electron chi connectivity index (χ0n) is 15.4. The summed E-state index contributed by atoms with van der Waals surface area (Å²) < 4.78 is 0. The zero-order valence-corrected chi connectivity index (χ0v) is 15.4. The maximum absolute atomic E-state index is 12.7. The van der Waals surface area contributed by atoms with Gasteiger partial charge in [0.25, 0.3) is 0 Å². The molecule has 1 aromatic rings. The summed E-state index contributed by atoms with van der Waals surface area (Å²) in [5.41, 5.74) is 2.99. The molecule has 6 nitrogen and oxygen atoms in total. The number of nitrogens with zero attached hydrogens (tertiary/aromatic N) is 3. The van der Waals surface area contributed by atoms with Gasteiger partial charge in [0.2, 0.25) is 5.91 Å². The summed E-state index contributed by atoms with van der Waals surface area (Å²) in [6.07, 6.45) is 2.89. The molecule has 0 aromatic heterocycles. The monoisotopic (exact) mass is 344 g/mol. The lowest BCUT2D eigenvalue weighted by Gasteiger charge is -2.24. The molecule has 136 valence electrons. The number of amides is 3. The van der Waals surface area contributed by atoms with Crippen molar-refractivity contribution in [2.75, 3.05) is 50.5 Å². The van der Waals surface area contributed by atoms with Crippen LogP contribution in [-0.2, 0) is 4.79 Å². The van der Waals surface area contributed by atoms with Crippen molar-refractivity contribution < 1.29 is 9.59 Å². The number of carbonyl (C=O) groups is 2. The van der Waals surface area contributed by atoms with Crippen LogP contribution in [0.3, 0.4) is 0 Å². The Balaban J connectivity index is 1.62. The van der Waals surface area contributed by atoms with Gasteiger partial charge < -0.3 is 20.0 Å². The normalized spacial score (nSPS) is 17.9. The third kappa shape index (κ3) is 4.06. The lowest BCUT2D eigenvalue weighted by atomic mass is 10.1. The lowest BCUT2D eigenvalue weighted by Crippen LogP contribution is -2.39. The van der Waals surface area contributed by atoms with E-state index in [4.69, 9.17) is 0 Å². The number of carbonyl (C=O) groups excluding carboxylic acids is 2. The lowest BCUT2D eigenvalue weighted by molar-refractivity contribution is -0.132. The molecule has 0 radical (unpaired) electrons. The summed E-state index contributed by atoms with van der Waals surface area (Å²) >= 11 is 0. The van der Waals surface area contributed by atoms with Crippen LogP contribution in [0.2, 0.25) is 0 Å². The molecule has 1 N–H and O–H groups in total. The number of anilines is 2. The van der Waals surface area contributed by atoms with Gasteiger partial charge in [0.1, 0.15) is 0 Å². The van der Waals surface area contributed by atoms with Crippen LogP contribution in [0.1, 0.15) is 24.8 Å². The Labute approximate surface area is 149 Å². The van der Waals surface area contributed by atoms with Crippen LogP contribution < -0.4 is 10.2 Å². The number of nitrogens with one attached hydrogen (secondary N) is 1. The largest absolute Gasteiger partial charge is 0.377 e. The maximum Gasteiger partial charge on any atom is 0.321 e. The molecule has 1 saturated carbocycles. The highest BCUT2D eigenvalue weighted by Gasteiger charge is 2.34. The number of urea groups is 1. The van der Waals surface area contributed by atoms with E-state index in [0.717, 1.165) is 42.7 Å². The number of hydrogen-bond acceptors (Lipinski definition) is 3. The Hall–Kier alpha value is -2.24. The van der Waals surface area contributed by atoms with Gasteiger partial charge in [-0.3, -0.25) is 4.79 Å². The summed E-state index contributed by atoms with van der Waals surface area (Å²) in [7, 11) is 3.99. The van der Waals surface area contributed by atoms with Crippen molar-refractivity contribution in [2.45, 2.75) is 26.2 Å². The molecule has 0 spiro atoms. The molecule has 2 aliphatic rings. The Morgan fingerprint density at radius 2 is 1.76 bits per heavy atom. The highest BCUT2D eigenvalue weighted by atomic mass is 16.2. The molecule has 6 heteroatoms. The van der Waals surface area contributed by atoms with Gasteiger partial charge in [-0.1, -0.05) is 6.07 Å². The minimum Gasteiger partial charge on any atom is -0.377 e. The zero-order chi connectivity index (χ0) is 18.0. The fraction of sp³-hybridized carbons (Fsp3) is 0.579. The standard InChI is InChI=1S/C19H28N4O2/c1-14-16(6-4-7-17(14)21(2)3)20-19(25)23-11-5-10-22(12-13-23)18(24)15-8-9-15/h4,6-7,15H,5,8-13H2,1-3H3,(H,20,25). The fourth-order valence-electron chi connectivity index (χ4n) is 3.37. The molecular formula is C19H28N4O2. The Kier molecular flexibility index (Phi) is 5.16. The van der Waals surface area contributed by atoms with Crippen LogP contribution in [0, 0.1) is 12.8 Å². The van der Waals surface area contributed by atoms with Gasteiger partial charge in [-0.2, -0.15) is 0 Å². The summed E-state index contributed by atoms with van der Waals surface area (Å²) in [6, 6.07) is 5.84. The average Bonchev–Trinajstić information content (AvgIpc) is 3.42. The van der Waals surface area contributed by atoms with Gasteiger partial charge in [-0.05, 0) is 43.9 Å². The molecular weight excluding hydrogens is 316 g/mol. The fourth-order valence-corrected chi connectivity index (χ4v) is 3.37. The predicted octanol–water partition coefficient (Wildman–Crippen LogP) is 2.54. The molecule has 2 fully saturated rings. The number of hydrogen-bond donors (Lipinski definition) is 1. The quantitative estimate of drug-likeness (QED) is 0.917. The van der Waals surface area contributed by atoms with Crippen LogP contribution in [0.5, 0.6) is 0 Å². The van der Waals surface area contributed by atoms with E-state index in [1.165, 1.54) is 0 Å². The number of rotatable bonds is 3. The molecule has 0 bridgehead atoms. The Morgan fingerprint density at radius 3 is 2.44 bits per heavy atom. The Morgan fingerprint density at radius 1 is 1.08 bits per heavy atom. The number of benzene rings is 1. The Bertz CT molecular complexity index is 655. The summed E-state index contributed by atoms with van der Waals surface area (Å²) in [5, 5.41) is 3.04. The highest BCUT2D eigenvalue weighted by Crippen LogP contribution is 2.31. The maximum atomic E-state index is 12.7. The van der Waals surface area contributed by atoms with E-state index < -0.39 is 0 Å². The minimum atomic E-state index is -0.0836. The summed E-state index contributed by atoms with van der Waals surface area (Å²) in [6.45, 7) is 4.69. The van der Waals surface area contributed by atoms with E-state index in [0.29, 0.717) is 19.6 Å². The van der Waals surface area contributed by atoms with Crippen LogP contribution >= 0.6 is 0 Å². The van der Waals surface area contributed by atoms with Gasteiger partial charge in [0.15, 0.2) is 0 Å². The van der Waals surface area contributed by atoms with Crippen molar-refractivity contribution >= 4 is 23.3 Å². The van der Waals surface area contributed by atoms with Crippen molar-refractivity contribution in [1.82, 2.24) is 9.80 Å². The van der Waals surface area contributed by atoms with Crippen molar-refractivity contribution in [3.8, 4) is 0 Å². The first kappa shape index (κ1) is 17.6. The van der Waals surface area contributed by atoms with Crippen LogP contribution in [0.25, 0.3) is 0 Å². The molecule has 3 amide bonds. The molecule has 25 heavy (non-hydrogen) atoms. The van der Waals surface area contributed by atoms with E-state index in [9.17, 15) is 9.59 Å². The first-order valence-corrected chi connectivity index (χ1v) is 9.09. The smallest absolute Gasteiger partial charge is 0.321 e. The van der Waals surface area contributed by atoms with Crippen LogP contribution in [0.15, 0.2) is 18.2 Å². The average molecular weight is 344 g/mol. The van der Waals surface area contributed by atoms with Gasteiger partial charge >= 0.3 is 6.03 Å². The molecule has 1 heterocycles. The minimum absolute atomic E-state index is 0.0836. The SMILES string of the molecule is Cc1c(NC(=O)N2CCCN(C(=O)C3CC3)CC2)cccc1N(C)C. The molecule has 0 unspecified atom stereocenters. The molecule has 1 aliphatic heterocycles. The molecule has 3 rings (SSSR count). The summed E-state index contributed by atoms with van der Waals surface area (Å²) in [5.74, 6) is 0.522. The second kappa shape index (κ2) is 7.33. The molecule has 0 atom stereocenters. The van der Waals surface area contributed by atoms with E-state index in [1.54, 1.807) is 0 Å². The molecule has 1 aromatic carbocycles. The predicted molar refractivity (Wildman–Crippen MR) is 100 cm³/mol. The topological polar surface area (TPSA) is 55.9 Å². The van der Waals surface area contributed by atoms with Gasteiger partial charge in [-0.25, -0.2) is 4.79 Å². The van der Waals surface area contributed by atoms with E-state index in [-0.39, 0.29) is 17.9 Å². The first-order valence-electron chi connectivity index (χ1n) is 9.09. The van der Waals surface area contributed by atoms with E-state index >= 15 is 0 Å². The van der Waals surface area contributed by atoms with Gasteiger partial charge in [0.05, 0.1) is 0 Å². The second-order valence-electron chi connectivity index (χ2n) is 7.21.